The van der Waals surface area contributed by atoms with E-state index in [1.54, 1.807) is 4.57 Å². The molecular weight excluding hydrogens is 479 g/mol. The number of rotatable bonds is 9. The summed E-state index contributed by atoms with van der Waals surface area (Å²) in [5.74, 6) is -0.345. The molecule has 1 N–H and O–H groups in total. The Hall–Kier alpha value is -3.77. The first-order valence-electron chi connectivity index (χ1n) is 13.0. The minimum absolute atomic E-state index is 0.0523. The average Bonchev–Trinajstić information content (AvgIpc) is 2.87. The molecule has 0 saturated heterocycles. The second kappa shape index (κ2) is 11.7. The molecule has 0 radical (unpaired) electrons. The van der Waals surface area contributed by atoms with Gasteiger partial charge in [-0.25, -0.2) is 4.39 Å². The Morgan fingerprint density at radius 2 is 1.74 bits per heavy atom. The lowest BCUT2D eigenvalue weighted by atomic mass is 9.98. The third-order valence-electron chi connectivity index (χ3n) is 6.74. The van der Waals surface area contributed by atoms with Gasteiger partial charge in [0.15, 0.2) is 0 Å². The van der Waals surface area contributed by atoms with E-state index in [4.69, 9.17) is 4.74 Å². The maximum atomic E-state index is 14.3. The topological polar surface area (TPSA) is 64.3 Å². The highest BCUT2D eigenvalue weighted by molar-refractivity contribution is 5.67. The van der Waals surface area contributed by atoms with Crippen LogP contribution in [-0.2, 0) is 17.8 Å². The third kappa shape index (κ3) is 6.03. The number of hydrogen-bond acceptors (Lipinski definition) is 4. The lowest BCUT2D eigenvalue weighted by molar-refractivity contribution is 0.0575. The summed E-state index contributed by atoms with van der Waals surface area (Å²) in [6.45, 7) is 9.68. The van der Waals surface area contributed by atoms with E-state index in [9.17, 15) is 14.3 Å². The highest BCUT2D eigenvalue weighted by atomic mass is 19.1. The molecule has 0 spiro atoms. The molecule has 0 fully saturated rings. The molecule has 1 aromatic heterocycles. The highest BCUT2D eigenvalue weighted by Gasteiger charge is 2.24. The van der Waals surface area contributed by atoms with E-state index in [0.29, 0.717) is 17.8 Å². The molecular formula is C32H35FN2O3. The van der Waals surface area contributed by atoms with Crippen LogP contribution in [0.4, 0.5) is 4.39 Å². The van der Waals surface area contributed by atoms with Crippen LogP contribution in [0.3, 0.4) is 0 Å². The van der Waals surface area contributed by atoms with Crippen molar-refractivity contribution in [1.29, 1.82) is 0 Å². The third-order valence-corrected chi connectivity index (χ3v) is 6.74. The number of nitrogens with zero attached hydrogens (tertiary/aromatic N) is 2. The molecule has 0 amide bonds. The predicted octanol–water partition coefficient (Wildman–Crippen LogP) is 6.89. The fourth-order valence-corrected chi connectivity index (χ4v) is 4.85. The SMILES string of the molecule is CC[C@@H](c1cc(C)cc(F)c1)n1c(COC(C)C)nc(O)c(Cc2ccc(-c3ccccc3C)cc2)c1=O. The summed E-state index contributed by atoms with van der Waals surface area (Å²) in [7, 11) is 0. The van der Waals surface area contributed by atoms with Crippen LogP contribution in [0, 0.1) is 19.7 Å². The van der Waals surface area contributed by atoms with Crippen molar-refractivity contribution in [1.82, 2.24) is 9.55 Å². The zero-order chi connectivity index (χ0) is 27.4. The molecule has 0 aliphatic carbocycles. The minimum Gasteiger partial charge on any atom is -0.493 e. The van der Waals surface area contributed by atoms with E-state index in [1.165, 1.54) is 17.7 Å². The molecule has 38 heavy (non-hydrogen) atoms. The van der Waals surface area contributed by atoms with Crippen LogP contribution in [0.5, 0.6) is 5.88 Å². The maximum absolute atomic E-state index is 14.3. The van der Waals surface area contributed by atoms with Crippen molar-refractivity contribution in [3.63, 3.8) is 0 Å². The van der Waals surface area contributed by atoms with Gasteiger partial charge in [-0.05, 0) is 79.6 Å². The first-order chi connectivity index (χ1) is 18.2. The number of aromatic nitrogens is 2. The molecule has 6 heteroatoms. The molecule has 198 valence electrons. The molecule has 0 saturated carbocycles. The molecule has 3 aromatic carbocycles. The number of aromatic hydroxyl groups is 1. The number of benzene rings is 3. The van der Waals surface area contributed by atoms with Gasteiger partial charge in [0.25, 0.3) is 5.56 Å². The molecule has 4 aromatic rings. The van der Waals surface area contributed by atoms with Gasteiger partial charge in [0.2, 0.25) is 5.88 Å². The Labute approximate surface area is 223 Å². The summed E-state index contributed by atoms with van der Waals surface area (Å²) in [6.07, 6.45) is 0.662. The molecule has 0 unspecified atom stereocenters. The van der Waals surface area contributed by atoms with Gasteiger partial charge in [-0.2, -0.15) is 4.98 Å². The van der Waals surface area contributed by atoms with Gasteiger partial charge >= 0.3 is 0 Å². The highest BCUT2D eigenvalue weighted by Crippen LogP contribution is 2.28. The standard InChI is InChI=1S/C32H35FN2O3/c1-6-29(25-15-21(4)16-26(33)18-25)35-30(19-38-20(2)3)34-31(36)28(32(35)37)17-23-11-13-24(14-12-23)27-10-8-7-9-22(27)5/h7-16,18,20,29,36H,6,17,19H2,1-5H3/t29-/m0/s1. The zero-order valence-electron chi connectivity index (χ0n) is 22.7. The molecule has 0 bridgehead atoms. The van der Waals surface area contributed by atoms with Gasteiger partial charge in [-0.15, -0.1) is 0 Å². The predicted molar refractivity (Wildman–Crippen MR) is 149 cm³/mol. The Bertz CT molecular complexity index is 1460. The summed E-state index contributed by atoms with van der Waals surface area (Å²) in [6, 6.07) is 20.5. The quantitative estimate of drug-likeness (QED) is 0.264. The molecule has 1 atom stereocenters. The lowest BCUT2D eigenvalue weighted by Crippen LogP contribution is -2.33. The number of aryl methyl sites for hydroxylation is 2. The van der Waals surface area contributed by atoms with Gasteiger partial charge in [-0.3, -0.25) is 9.36 Å². The molecule has 0 aliphatic rings. The summed E-state index contributed by atoms with van der Waals surface area (Å²) in [5, 5.41) is 10.9. The number of hydrogen-bond donors (Lipinski definition) is 1. The first-order valence-corrected chi connectivity index (χ1v) is 13.0. The summed E-state index contributed by atoms with van der Waals surface area (Å²) >= 11 is 0. The van der Waals surface area contributed by atoms with Crippen LogP contribution in [0.15, 0.2) is 71.5 Å². The van der Waals surface area contributed by atoms with Gasteiger partial charge in [0, 0.05) is 6.42 Å². The molecule has 4 rings (SSSR count). The van der Waals surface area contributed by atoms with Gasteiger partial charge in [0.05, 0.1) is 17.7 Å². The summed E-state index contributed by atoms with van der Waals surface area (Å²) in [5.41, 5.74) is 5.60. The van der Waals surface area contributed by atoms with Crippen LogP contribution in [-0.4, -0.2) is 20.8 Å². The molecule has 0 aliphatic heterocycles. The van der Waals surface area contributed by atoms with Crippen molar-refractivity contribution in [3.8, 4) is 17.0 Å². The largest absolute Gasteiger partial charge is 0.493 e. The van der Waals surface area contributed by atoms with Crippen molar-refractivity contribution in [2.45, 2.75) is 66.2 Å². The van der Waals surface area contributed by atoms with E-state index < -0.39 is 6.04 Å². The van der Waals surface area contributed by atoms with Crippen molar-refractivity contribution < 1.29 is 14.2 Å². The molecule has 1 heterocycles. The second-order valence-electron chi connectivity index (χ2n) is 10.0. The fourth-order valence-electron chi connectivity index (χ4n) is 4.85. The van der Waals surface area contributed by atoms with Crippen LogP contribution in [0.2, 0.25) is 0 Å². The fraction of sp³-hybridized carbons (Fsp3) is 0.312. The van der Waals surface area contributed by atoms with Crippen LogP contribution >= 0.6 is 0 Å². The van der Waals surface area contributed by atoms with Crippen molar-refractivity contribution in [3.05, 3.63) is 117 Å². The second-order valence-corrected chi connectivity index (χ2v) is 10.0. The van der Waals surface area contributed by atoms with Crippen molar-refractivity contribution in [2.24, 2.45) is 0 Å². The zero-order valence-corrected chi connectivity index (χ0v) is 22.7. The normalized spacial score (nSPS) is 12.2. The number of halogens is 1. The average molecular weight is 515 g/mol. The van der Waals surface area contributed by atoms with E-state index in [-0.39, 0.29) is 42.0 Å². The van der Waals surface area contributed by atoms with Crippen molar-refractivity contribution >= 4 is 0 Å². The number of ether oxygens (including phenoxy) is 1. The van der Waals surface area contributed by atoms with E-state index >= 15 is 0 Å². The van der Waals surface area contributed by atoms with Gasteiger partial charge < -0.3 is 9.84 Å². The van der Waals surface area contributed by atoms with E-state index in [0.717, 1.165) is 22.3 Å². The Balaban J connectivity index is 1.77. The Morgan fingerprint density at radius 1 is 1.03 bits per heavy atom. The van der Waals surface area contributed by atoms with Gasteiger partial charge in [-0.1, -0.05) is 61.5 Å². The smallest absolute Gasteiger partial charge is 0.261 e. The van der Waals surface area contributed by atoms with Crippen LogP contribution in [0.1, 0.15) is 66.9 Å². The Morgan fingerprint density at radius 3 is 2.37 bits per heavy atom. The minimum atomic E-state index is -0.460. The maximum Gasteiger partial charge on any atom is 0.261 e. The van der Waals surface area contributed by atoms with Crippen molar-refractivity contribution in [2.75, 3.05) is 0 Å². The van der Waals surface area contributed by atoms with Crippen LogP contribution < -0.4 is 5.56 Å². The lowest BCUT2D eigenvalue weighted by Gasteiger charge is -2.24. The van der Waals surface area contributed by atoms with E-state index in [1.807, 2.05) is 70.2 Å². The Kier molecular flexibility index (Phi) is 8.42. The summed E-state index contributed by atoms with van der Waals surface area (Å²) < 4.78 is 21.7. The van der Waals surface area contributed by atoms with Gasteiger partial charge in [0.1, 0.15) is 18.2 Å². The molecule has 5 nitrogen and oxygen atoms in total. The van der Waals surface area contributed by atoms with E-state index in [2.05, 4.69) is 24.0 Å². The van der Waals surface area contributed by atoms with Crippen LogP contribution in [0.25, 0.3) is 11.1 Å². The monoisotopic (exact) mass is 514 g/mol. The first kappa shape index (κ1) is 27.3. The summed E-state index contributed by atoms with van der Waals surface area (Å²) in [4.78, 5) is 18.4.